The molecule has 2 aromatic rings. The fraction of sp³-hybridized carbons (Fsp3) is 0.381. The maximum atomic E-state index is 12.9. The standard InChI is InChI=1S/C21H26FN5O2/c1-2-23-21(26-15-20(28)27-11-3-4-12-27)25-14-16-5-10-19(24-13-16)29-18-8-6-17(22)7-9-18/h5-10,13H,2-4,11-12,14-15H2,1H3,(H2,23,25,26). The Morgan fingerprint density at radius 1 is 1.17 bits per heavy atom. The van der Waals surface area contributed by atoms with Gasteiger partial charge in [-0.05, 0) is 49.6 Å². The highest BCUT2D eigenvalue weighted by atomic mass is 19.1. The molecule has 0 bridgehead atoms. The molecule has 29 heavy (non-hydrogen) atoms. The number of hydrogen-bond acceptors (Lipinski definition) is 4. The van der Waals surface area contributed by atoms with Crippen LogP contribution in [0.1, 0.15) is 25.3 Å². The number of guanidine groups is 1. The Hall–Kier alpha value is -3.16. The number of nitrogens with one attached hydrogen (secondary N) is 2. The minimum atomic E-state index is -0.314. The molecule has 154 valence electrons. The normalized spacial score (nSPS) is 14.0. The van der Waals surface area contributed by atoms with Crippen molar-refractivity contribution in [1.82, 2.24) is 20.5 Å². The van der Waals surface area contributed by atoms with Gasteiger partial charge in [0.15, 0.2) is 5.96 Å². The van der Waals surface area contributed by atoms with Gasteiger partial charge in [-0.25, -0.2) is 14.4 Å². The van der Waals surface area contributed by atoms with Crippen molar-refractivity contribution < 1.29 is 13.9 Å². The van der Waals surface area contributed by atoms with Gasteiger partial charge in [0.05, 0.1) is 13.1 Å². The summed E-state index contributed by atoms with van der Waals surface area (Å²) in [4.78, 5) is 22.8. The molecule has 0 saturated carbocycles. The summed E-state index contributed by atoms with van der Waals surface area (Å²) in [7, 11) is 0. The summed E-state index contributed by atoms with van der Waals surface area (Å²) in [6, 6.07) is 9.38. The molecule has 2 heterocycles. The number of likely N-dealkylation sites (tertiary alicyclic amines) is 1. The van der Waals surface area contributed by atoms with Gasteiger partial charge in [-0.2, -0.15) is 0 Å². The van der Waals surface area contributed by atoms with Crippen molar-refractivity contribution in [1.29, 1.82) is 0 Å². The molecule has 1 amide bonds. The van der Waals surface area contributed by atoms with Gasteiger partial charge in [0, 0.05) is 31.9 Å². The Kier molecular flexibility index (Phi) is 7.38. The molecular weight excluding hydrogens is 373 g/mol. The third-order valence-electron chi connectivity index (χ3n) is 4.46. The van der Waals surface area contributed by atoms with Crippen LogP contribution in [0.25, 0.3) is 0 Å². The smallest absolute Gasteiger partial charge is 0.241 e. The number of halogens is 1. The van der Waals surface area contributed by atoms with E-state index in [-0.39, 0.29) is 18.3 Å². The summed E-state index contributed by atoms with van der Waals surface area (Å²) in [6.07, 6.45) is 3.84. The largest absolute Gasteiger partial charge is 0.439 e. The molecule has 1 aromatic carbocycles. The summed E-state index contributed by atoms with van der Waals surface area (Å²) in [5.74, 6) is 1.31. The number of ether oxygens (including phenoxy) is 1. The highest BCUT2D eigenvalue weighted by Crippen LogP contribution is 2.19. The molecule has 1 aliphatic heterocycles. The Morgan fingerprint density at radius 3 is 2.59 bits per heavy atom. The quantitative estimate of drug-likeness (QED) is 0.553. The molecule has 1 aromatic heterocycles. The van der Waals surface area contributed by atoms with Gasteiger partial charge in [-0.1, -0.05) is 6.07 Å². The molecule has 3 rings (SSSR count). The molecular formula is C21H26FN5O2. The van der Waals surface area contributed by atoms with E-state index in [1.807, 2.05) is 17.9 Å². The van der Waals surface area contributed by atoms with E-state index in [0.717, 1.165) is 31.5 Å². The van der Waals surface area contributed by atoms with Crippen LogP contribution in [0.5, 0.6) is 11.6 Å². The van der Waals surface area contributed by atoms with Gasteiger partial charge < -0.3 is 20.3 Å². The van der Waals surface area contributed by atoms with Crippen LogP contribution in [0.15, 0.2) is 47.6 Å². The van der Waals surface area contributed by atoms with Crippen molar-refractivity contribution in [2.75, 3.05) is 26.2 Å². The van der Waals surface area contributed by atoms with E-state index in [1.165, 1.54) is 12.1 Å². The van der Waals surface area contributed by atoms with Crippen LogP contribution in [0.3, 0.4) is 0 Å². The Morgan fingerprint density at radius 2 is 1.93 bits per heavy atom. The molecule has 2 N–H and O–H groups in total. The number of benzene rings is 1. The number of hydrogen-bond donors (Lipinski definition) is 2. The SMILES string of the molecule is CCNC(=NCc1ccc(Oc2ccc(F)cc2)nc1)NCC(=O)N1CCCC1. The first-order valence-corrected chi connectivity index (χ1v) is 9.82. The van der Waals surface area contributed by atoms with E-state index in [1.54, 1.807) is 24.4 Å². The van der Waals surface area contributed by atoms with Crippen LogP contribution in [-0.2, 0) is 11.3 Å². The van der Waals surface area contributed by atoms with Gasteiger partial charge in [0.25, 0.3) is 0 Å². The zero-order chi connectivity index (χ0) is 20.5. The van der Waals surface area contributed by atoms with Crippen LogP contribution in [0.2, 0.25) is 0 Å². The van der Waals surface area contributed by atoms with E-state index in [4.69, 9.17) is 4.74 Å². The molecule has 0 unspecified atom stereocenters. The number of aliphatic imine (C=N–C) groups is 1. The first kappa shape index (κ1) is 20.6. The van der Waals surface area contributed by atoms with Gasteiger partial charge in [-0.15, -0.1) is 0 Å². The number of carbonyl (C=O) groups excluding carboxylic acids is 1. The third-order valence-corrected chi connectivity index (χ3v) is 4.46. The molecule has 0 aliphatic carbocycles. The monoisotopic (exact) mass is 399 g/mol. The predicted octanol–water partition coefficient (Wildman–Crippen LogP) is 2.69. The van der Waals surface area contributed by atoms with Crippen molar-refractivity contribution in [2.24, 2.45) is 4.99 Å². The minimum Gasteiger partial charge on any atom is -0.439 e. The number of pyridine rings is 1. The average molecular weight is 399 g/mol. The molecule has 1 saturated heterocycles. The lowest BCUT2D eigenvalue weighted by atomic mass is 10.3. The number of rotatable bonds is 7. The predicted molar refractivity (Wildman–Crippen MR) is 109 cm³/mol. The van der Waals surface area contributed by atoms with Crippen LogP contribution >= 0.6 is 0 Å². The summed E-state index contributed by atoms with van der Waals surface area (Å²) >= 11 is 0. The summed E-state index contributed by atoms with van der Waals surface area (Å²) in [5.41, 5.74) is 0.902. The second-order valence-corrected chi connectivity index (χ2v) is 6.70. The second kappa shape index (κ2) is 10.4. The summed E-state index contributed by atoms with van der Waals surface area (Å²) in [5, 5.41) is 6.23. The number of amides is 1. The fourth-order valence-corrected chi connectivity index (χ4v) is 2.94. The maximum Gasteiger partial charge on any atom is 0.241 e. The first-order chi connectivity index (χ1) is 14.1. The lowest BCUT2D eigenvalue weighted by Crippen LogP contribution is -2.44. The number of carbonyl (C=O) groups is 1. The summed E-state index contributed by atoms with van der Waals surface area (Å²) in [6.45, 7) is 5.00. The van der Waals surface area contributed by atoms with E-state index >= 15 is 0 Å². The van der Waals surface area contributed by atoms with Crippen molar-refractivity contribution in [3.05, 3.63) is 54.0 Å². The molecule has 0 spiro atoms. The van der Waals surface area contributed by atoms with Crippen molar-refractivity contribution >= 4 is 11.9 Å². The average Bonchev–Trinajstić information content (AvgIpc) is 3.28. The zero-order valence-electron chi connectivity index (χ0n) is 16.5. The van der Waals surface area contributed by atoms with Crippen LogP contribution in [0.4, 0.5) is 4.39 Å². The highest BCUT2D eigenvalue weighted by Gasteiger charge is 2.17. The fourth-order valence-electron chi connectivity index (χ4n) is 2.94. The molecule has 7 nitrogen and oxygen atoms in total. The van der Waals surface area contributed by atoms with Crippen molar-refractivity contribution in [3.8, 4) is 11.6 Å². The van der Waals surface area contributed by atoms with Crippen molar-refractivity contribution in [3.63, 3.8) is 0 Å². The van der Waals surface area contributed by atoms with Gasteiger partial charge in [0.1, 0.15) is 11.6 Å². The maximum absolute atomic E-state index is 12.9. The minimum absolute atomic E-state index is 0.0945. The van der Waals surface area contributed by atoms with E-state index in [9.17, 15) is 9.18 Å². The number of nitrogens with zero attached hydrogens (tertiary/aromatic N) is 3. The second-order valence-electron chi connectivity index (χ2n) is 6.70. The van der Waals surface area contributed by atoms with E-state index in [2.05, 4.69) is 20.6 Å². The Labute approximate surface area is 170 Å². The van der Waals surface area contributed by atoms with Crippen molar-refractivity contribution in [2.45, 2.75) is 26.3 Å². The summed E-state index contributed by atoms with van der Waals surface area (Å²) < 4.78 is 18.5. The molecule has 0 atom stereocenters. The zero-order valence-corrected chi connectivity index (χ0v) is 16.5. The third kappa shape index (κ3) is 6.44. The Bertz CT molecular complexity index is 818. The first-order valence-electron chi connectivity index (χ1n) is 9.82. The molecule has 1 aliphatic rings. The molecule has 0 radical (unpaired) electrons. The van der Waals surface area contributed by atoms with Crippen LogP contribution in [0, 0.1) is 5.82 Å². The lowest BCUT2D eigenvalue weighted by molar-refractivity contribution is -0.128. The lowest BCUT2D eigenvalue weighted by Gasteiger charge is -2.17. The van der Waals surface area contributed by atoms with Crippen LogP contribution in [-0.4, -0.2) is 47.9 Å². The molecule has 1 fully saturated rings. The molecule has 8 heteroatoms. The van der Waals surface area contributed by atoms with E-state index < -0.39 is 0 Å². The Balaban J connectivity index is 1.52. The number of aromatic nitrogens is 1. The topological polar surface area (TPSA) is 78.9 Å². The van der Waals surface area contributed by atoms with Gasteiger partial charge in [-0.3, -0.25) is 4.79 Å². The van der Waals surface area contributed by atoms with Gasteiger partial charge >= 0.3 is 0 Å². The van der Waals surface area contributed by atoms with E-state index in [0.29, 0.717) is 30.7 Å². The van der Waals surface area contributed by atoms with Crippen LogP contribution < -0.4 is 15.4 Å². The highest BCUT2D eigenvalue weighted by molar-refractivity contribution is 5.86. The van der Waals surface area contributed by atoms with Gasteiger partial charge in [0.2, 0.25) is 11.8 Å².